The van der Waals surface area contributed by atoms with E-state index in [2.05, 4.69) is 10.2 Å². The van der Waals surface area contributed by atoms with Crippen LogP contribution in [0.25, 0.3) is 6.08 Å². The van der Waals surface area contributed by atoms with Crippen LogP contribution in [-0.2, 0) is 22.7 Å². The molecule has 0 bridgehead atoms. The molecule has 0 aliphatic heterocycles. The van der Waals surface area contributed by atoms with Crippen molar-refractivity contribution in [2.24, 2.45) is 0 Å². The average Bonchev–Trinajstić information content (AvgIpc) is 2.95. The van der Waals surface area contributed by atoms with Gasteiger partial charge < -0.3 is 9.84 Å². The molecule has 2 aromatic rings. The largest absolute Gasteiger partial charge is 0.480 e. The molecule has 0 amide bonds. The van der Waals surface area contributed by atoms with Crippen molar-refractivity contribution in [1.82, 2.24) is 15.1 Å². The number of methoxy groups -OCH3 is 1. The predicted molar refractivity (Wildman–Crippen MR) is 87.7 cm³/mol. The molecule has 122 valence electrons. The fraction of sp³-hybridized carbons (Fsp3) is 0.294. The van der Waals surface area contributed by atoms with Crippen LogP contribution in [0.3, 0.4) is 0 Å². The van der Waals surface area contributed by atoms with Crippen molar-refractivity contribution in [3.8, 4) is 0 Å². The van der Waals surface area contributed by atoms with Crippen molar-refractivity contribution in [2.75, 3.05) is 14.2 Å². The fourth-order valence-corrected chi connectivity index (χ4v) is 2.26. The number of hydrogen-bond donors (Lipinski definition) is 2. The van der Waals surface area contributed by atoms with Crippen molar-refractivity contribution >= 4 is 12.0 Å². The summed E-state index contributed by atoms with van der Waals surface area (Å²) in [6.45, 7) is 0.878. The minimum absolute atomic E-state index is 0.427. The number of benzene rings is 1. The molecule has 0 saturated carbocycles. The lowest BCUT2D eigenvalue weighted by Crippen LogP contribution is -2.36. The first kappa shape index (κ1) is 16.9. The van der Waals surface area contributed by atoms with Crippen LogP contribution in [0.15, 0.2) is 42.5 Å². The molecule has 0 fully saturated rings. The van der Waals surface area contributed by atoms with Gasteiger partial charge in [-0.3, -0.25) is 14.8 Å². The van der Waals surface area contributed by atoms with E-state index < -0.39 is 12.0 Å². The van der Waals surface area contributed by atoms with E-state index in [4.69, 9.17) is 4.74 Å². The lowest BCUT2D eigenvalue weighted by atomic mass is 10.1. The molecule has 0 spiro atoms. The molecule has 2 rings (SSSR count). The normalized spacial score (nSPS) is 12.8. The van der Waals surface area contributed by atoms with Crippen LogP contribution in [0.5, 0.6) is 0 Å². The van der Waals surface area contributed by atoms with E-state index in [-0.39, 0.29) is 0 Å². The summed E-state index contributed by atoms with van der Waals surface area (Å²) >= 11 is 0. The number of carbonyl (C=O) groups is 1. The molecule has 1 heterocycles. The van der Waals surface area contributed by atoms with E-state index in [0.717, 1.165) is 17.0 Å². The highest BCUT2D eigenvalue weighted by Gasteiger charge is 2.20. The Balaban J connectivity index is 2.04. The monoisotopic (exact) mass is 315 g/mol. The Morgan fingerprint density at radius 2 is 2.17 bits per heavy atom. The molecule has 2 N–H and O–H groups in total. The highest BCUT2D eigenvalue weighted by Crippen LogP contribution is 2.10. The van der Waals surface area contributed by atoms with Gasteiger partial charge in [-0.2, -0.15) is 5.10 Å². The third-order valence-corrected chi connectivity index (χ3v) is 3.39. The zero-order chi connectivity index (χ0) is 16.7. The number of hydrogen-bond acceptors (Lipinski definition) is 4. The van der Waals surface area contributed by atoms with Crippen molar-refractivity contribution in [1.29, 1.82) is 0 Å². The fourth-order valence-electron chi connectivity index (χ4n) is 2.26. The van der Waals surface area contributed by atoms with Crippen LogP contribution in [0.4, 0.5) is 0 Å². The molecule has 0 saturated heterocycles. The number of nitrogens with zero attached hydrogens (tertiary/aromatic N) is 2. The molecular formula is C17H21N3O3. The Bertz CT molecular complexity index is 652. The second-order valence-electron chi connectivity index (χ2n) is 5.29. The minimum Gasteiger partial charge on any atom is -0.480 e. The second-order valence-corrected chi connectivity index (χ2v) is 5.29. The maximum atomic E-state index is 11.5. The SMILES string of the molecule is COCc1cc(CN(C)[C@@H](/C=C/c2ccccc2)C(=O)O)n[nH]1. The van der Waals surface area contributed by atoms with E-state index in [9.17, 15) is 9.90 Å². The van der Waals surface area contributed by atoms with Crippen LogP contribution in [0.1, 0.15) is 17.0 Å². The lowest BCUT2D eigenvalue weighted by molar-refractivity contribution is -0.141. The second kappa shape index (κ2) is 8.26. The summed E-state index contributed by atoms with van der Waals surface area (Å²) in [5.41, 5.74) is 2.61. The zero-order valence-electron chi connectivity index (χ0n) is 13.3. The van der Waals surface area contributed by atoms with Crippen LogP contribution < -0.4 is 0 Å². The highest BCUT2D eigenvalue weighted by molar-refractivity contribution is 5.77. The first-order valence-electron chi connectivity index (χ1n) is 7.28. The number of carboxylic acid groups (broad SMARTS) is 1. The van der Waals surface area contributed by atoms with Crippen molar-refractivity contribution in [2.45, 2.75) is 19.2 Å². The lowest BCUT2D eigenvalue weighted by Gasteiger charge is -2.20. The molecule has 6 heteroatoms. The summed E-state index contributed by atoms with van der Waals surface area (Å²) in [6.07, 6.45) is 3.50. The van der Waals surface area contributed by atoms with Crippen molar-refractivity contribution < 1.29 is 14.6 Å². The van der Waals surface area contributed by atoms with E-state index in [1.807, 2.05) is 42.5 Å². The highest BCUT2D eigenvalue weighted by atomic mass is 16.5. The van der Waals surface area contributed by atoms with E-state index in [0.29, 0.717) is 13.2 Å². The molecule has 0 unspecified atom stereocenters. The number of aromatic amines is 1. The number of ether oxygens (including phenoxy) is 1. The van der Waals surface area contributed by atoms with Crippen LogP contribution >= 0.6 is 0 Å². The van der Waals surface area contributed by atoms with Crippen LogP contribution in [0.2, 0.25) is 0 Å². The van der Waals surface area contributed by atoms with Gasteiger partial charge in [-0.25, -0.2) is 0 Å². The third-order valence-electron chi connectivity index (χ3n) is 3.39. The standard InChI is InChI=1S/C17H21N3O3/c1-20(11-14-10-15(12-23-2)19-18-14)16(17(21)22)9-8-13-6-4-3-5-7-13/h3-10,16H,11-12H2,1-2H3,(H,18,19)(H,21,22)/b9-8+/t16-/m0/s1. The van der Waals surface area contributed by atoms with Crippen LogP contribution in [-0.4, -0.2) is 46.4 Å². The number of likely N-dealkylation sites (N-methyl/N-ethyl adjacent to an activating group) is 1. The van der Waals surface area contributed by atoms with Gasteiger partial charge in [-0.15, -0.1) is 0 Å². The quantitative estimate of drug-likeness (QED) is 0.780. The third kappa shape index (κ3) is 5.05. The van der Waals surface area contributed by atoms with Gasteiger partial charge in [-0.1, -0.05) is 42.5 Å². The van der Waals surface area contributed by atoms with Gasteiger partial charge in [-0.05, 0) is 18.7 Å². The Morgan fingerprint density at radius 3 is 2.83 bits per heavy atom. The van der Waals surface area contributed by atoms with Gasteiger partial charge in [0.1, 0.15) is 6.04 Å². The topological polar surface area (TPSA) is 78.4 Å². The van der Waals surface area contributed by atoms with Gasteiger partial charge >= 0.3 is 5.97 Å². The Labute approximate surface area is 135 Å². The maximum absolute atomic E-state index is 11.5. The summed E-state index contributed by atoms with van der Waals surface area (Å²) in [5, 5.41) is 16.5. The number of aromatic nitrogens is 2. The molecule has 1 aromatic heterocycles. The van der Waals surface area contributed by atoms with Crippen molar-refractivity contribution in [3.05, 3.63) is 59.4 Å². The molecular weight excluding hydrogens is 294 g/mol. The van der Waals surface area contributed by atoms with Gasteiger partial charge in [0.25, 0.3) is 0 Å². The van der Waals surface area contributed by atoms with Gasteiger partial charge in [0.2, 0.25) is 0 Å². The van der Waals surface area contributed by atoms with Gasteiger partial charge in [0.15, 0.2) is 0 Å². The van der Waals surface area contributed by atoms with Gasteiger partial charge in [0.05, 0.1) is 18.0 Å². The van der Waals surface area contributed by atoms with Gasteiger partial charge in [0, 0.05) is 13.7 Å². The predicted octanol–water partition coefficient (Wildman–Crippen LogP) is 2.15. The summed E-state index contributed by atoms with van der Waals surface area (Å²) in [7, 11) is 3.38. The molecule has 1 atom stereocenters. The minimum atomic E-state index is -0.896. The zero-order valence-corrected chi connectivity index (χ0v) is 13.3. The Kier molecular flexibility index (Phi) is 6.08. The molecule has 1 aromatic carbocycles. The smallest absolute Gasteiger partial charge is 0.324 e. The summed E-state index contributed by atoms with van der Waals surface area (Å²) in [4.78, 5) is 13.2. The van der Waals surface area contributed by atoms with E-state index >= 15 is 0 Å². The number of aliphatic carboxylic acids is 1. The van der Waals surface area contributed by atoms with E-state index in [1.54, 1.807) is 25.1 Å². The Hall–Kier alpha value is -2.44. The average molecular weight is 315 g/mol. The number of rotatable bonds is 8. The number of carboxylic acids is 1. The summed E-state index contributed by atoms with van der Waals surface area (Å²) < 4.78 is 5.03. The molecule has 6 nitrogen and oxygen atoms in total. The summed E-state index contributed by atoms with van der Waals surface area (Å²) in [6, 6.07) is 10.8. The summed E-state index contributed by atoms with van der Waals surface area (Å²) in [5.74, 6) is -0.896. The van der Waals surface area contributed by atoms with Crippen LogP contribution in [0, 0.1) is 0 Å². The molecule has 0 aliphatic carbocycles. The molecule has 0 radical (unpaired) electrons. The molecule has 0 aliphatic rings. The Morgan fingerprint density at radius 1 is 1.43 bits per heavy atom. The first-order valence-corrected chi connectivity index (χ1v) is 7.28. The number of nitrogens with one attached hydrogen (secondary N) is 1. The molecule has 23 heavy (non-hydrogen) atoms. The van der Waals surface area contributed by atoms with Crippen molar-refractivity contribution in [3.63, 3.8) is 0 Å². The first-order chi connectivity index (χ1) is 11.1. The number of H-pyrrole nitrogens is 1. The maximum Gasteiger partial charge on any atom is 0.324 e. The van der Waals surface area contributed by atoms with E-state index in [1.165, 1.54) is 0 Å².